The Morgan fingerprint density at radius 3 is 2.25 bits per heavy atom. The monoisotopic (exact) mass is 284 g/mol. The van der Waals surface area contributed by atoms with E-state index in [1.165, 1.54) is 25.9 Å². The number of benzene rings is 1. The number of halogens is 3. The third kappa shape index (κ3) is 2.99. The molecule has 3 heterocycles. The van der Waals surface area contributed by atoms with E-state index in [1.54, 1.807) is 12.1 Å². The first-order valence-electron chi connectivity index (χ1n) is 7.14. The predicted octanol–water partition coefficient (Wildman–Crippen LogP) is 2.89. The third-order valence-electron chi connectivity index (χ3n) is 4.51. The van der Waals surface area contributed by atoms with Gasteiger partial charge in [0.2, 0.25) is 0 Å². The molecule has 1 unspecified atom stereocenters. The van der Waals surface area contributed by atoms with Crippen LogP contribution < -0.4 is 5.32 Å². The van der Waals surface area contributed by atoms with Crippen LogP contribution in [0.25, 0.3) is 0 Å². The molecule has 110 valence electrons. The van der Waals surface area contributed by atoms with Crippen LogP contribution in [-0.4, -0.2) is 30.6 Å². The van der Waals surface area contributed by atoms with Crippen molar-refractivity contribution in [3.8, 4) is 0 Å². The molecule has 1 N–H and O–H groups in total. The average molecular weight is 284 g/mol. The maximum atomic E-state index is 12.5. The van der Waals surface area contributed by atoms with Crippen LogP contribution in [0.4, 0.5) is 13.2 Å². The molecule has 20 heavy (non-hydrogen) atoms. The molecule has 0 spiro atoms. The van der Waals surface area contributed by atoms with E-state index in [9.17, 15) is 13.2 Å². The molecular weight excluding hydrogens is 265 g/mol. The van der Waals surface area contributed by atoms with Gasteiger partial charge in [0.05, 0.1) is 5.56 Å². The number of alkyl halides is 3. The lowest BCUT2D eigenvalue weighted by molar-refractivity contribution is -0.137. The molecule has 0 saturated carbocycles. The van der Waals surface area contributed by atoms with Crippen molar-refractivity contribution in [1.82, 2.24) is 10.2 Å². The van der Waals surface area contributed by atoms with Crippen LogP contribution >= 0.6 is 0 Å². The highest BCUT2D eigenvalue weighted by molar-refractivity contribution is 5.24. The summed E-state index contributed by atoms with van der Waals surface area (Å²) in [5, 5.41) is 3.50. The number of rotatable bonds is 3. The number of fused-ring (bicyclic) bond motifs is 3. The molecule has 3 aliphatic heterocycles. The standard InChI is InChI=1S/C15H19F3N2/c16-15(17,18)13-3-1-11(2-4-13)9-19-14-10-20-7-5-12(14)6-8-20/h1-4,12,14,19H,5-10H2. The Hall–Kier alpha value is -1.07. The van der Waals surface area contributed by atoms with Crippen LogP contribution in [0.15, 0.2) is 24.3 Å². The molecule has 1 aromatic carbocycles. The van der Waals surface area contributed by atoms with E-state index in [1.807, 2.05) is 0 Å². The highest BCUT2D eigenvalue weighted by Crippen LogP contribution is 2.30. The Balaban J connectivity index is 1.56. The normalized spacial score (nSPS) is 29.6. The van der Waals surface area contributed by atoms with Crippen molar-refractivity contribution >= 4 is 0 Å². The van der Waals surface area contributed by atoms with Crippen molar-refractivity contribution < 1.29 is 13.2 Å². The molecule has 4 rings (SSSR count). The maximum Gasteiger partial charge on any atom is 0.416 e. The van der Waals surface area contributed by atoms with Crippen LogP contribution in [0.5, 0.6) is 0 Å². The van der Waals surface area contributed by atoms with Crippen LogP contribution in [0.3, 0.4) is 0 Å². The second-order valence-electron chi connectivity index (χ2n) is 5.82. The molecule has 1 aromatic rings. The minimum Gasteiger partial charge on any atom is -0.308 e. The fraction of sp³-hybridized carbons (Fsp3) is 0.600. The summed E-state index contributed by atoms with van der Waals surface area (Å²) in [7, 11) is 0. The summed E-state index contributed by atoms with van der Waals surface area (Å²) in [5.41, 5.74) is 0.332. The molecular formula is C15H19F3N2. The Labute approximate surface area is 117 Å². The van der Waals surface area contributed by atoms with Gasteiger partial charge < -0.3 is 10.2 Å². The molecule has 3 saturated heterocycles. The number of piperidine rings is 3. The van der Waals surface area contributed by atoms with Gasteiger partial charge in [0.25, 0.3) is 0 Å². The summed E-state index contributed by atoms with van der Waals surface area (Å²) in [4.78, 5) is 2.46. The Kier molecular flexibility index (Phi) is 3.73. The zero-order chi connectivity index (χ0) is 14.2. The summed E-state index contributed by atoms with van der Waals surface area (Å²) < 4.78 is 37.4. The minimum absolute atomic E-state index is 0.486. The van der Waals surface area contributed by atoms with E-state index >= 15 is 0 Å². The lowest BCUT2D eigenvalue weighted by atomic mass is 9.84. The van der Waals surface area contributed by atoms with Crippen LogP contribution in [0.1, 0.15) is 24.0 Å². The van der Waals surface area contributed by atoms with Gasteiger partial charge in [-0.1, -0.05) is 12.1 Å². The van der Waals surface area contributed by atoms with Gasteiger partial charge in [-0.05, 0) is 49.5 Å². The van der Waals surface area contributed by atoms with Crippen molar-refractivity contribution in [1.29, 1.82) is 0 Å². The molecule has 3 fully saturated rings. The molecule has 2 nitrogen and oxygen atoms in total. The van der Waals surface area contributed by atoms with Gasteiger partial charge in [0.1, 0.15) is 0 Å². The summed E-state index contributed by atoms with van der Waals surface area (Å²) in [5.74, 6) is 0.731. The van der Waals surface area contributed by atoms with Gasteiger partial charge in [-0.2, -0.15) is 13.2 Å². The Bertz CT molecular complexity index is 447. The average Bonchev–Trinajstić information content (AvgIpc) is 2.46. The molecule has 5 heteroatoms. The summed E-state index contributed by atoms with van der Waals surface area (Å²) >= 11 is 0. The molecule has 0 aromatic heterocycles. The molecule has 0 radical (unpaired) electrons. The van der Waals surface area contributed by atoms with Gasteiger partial charge in [0.15, 0.2) is 0 Å². The second-order valence-corrected chi connectivity index (χ2v) is 5.82. The SMILES string of the molecule is FC(F)(F)c1ccc(CNC2CN3CCC2CC3)cc1. The molecule has 2 bridgehead atoms. The lowest BCUT2D eigenvalue weighted by Crippen LogP contribution is -2.55. The minimum atomic E-state index is -4.25. The van der Waals surface area contributed by atoms with Crippen molar-refractivity contribution in [2.24, 2.45) is 5.92 Å². The van der Waals surface area contributed by atoms with Crippen LogP contribution in [0, 0.1) is 5.92 Å². The quantitative estimate of drug-likeness (QED) is 0.918. The van der Waals surface area contributed by atoms with Gasteiger partial charge in [-0.3, -0.25) is 0 Å². The van der Waals surface area contributed by atoms with E-state index in [-0.39, 0.29) is 0 Å². The molecule has 3 aliphatic rings. The lowest BCUT2D eigenvalue weighted by Gasteiger charge is -2.45. The first-order valence-corrected chi connectivity index (χ1v) is 7.14. The van der Waals surface area contributed by atoms with Gasteiger partial charge in [0, 0.05) is 19.1 Å². The fourth-order valence-electron chi connectivity index (χ4n) is 3.26. The molecule has 1 atom stereocenters. The van der Waals surface area contributed by atoms with Crippen LogP contribution in [0.2, 0.25) is 0 Å². The number of nitrogens with zero attached hydrogens (tertiary/aromatic N) is 1. The van der Waals surface area contributed by atoms with Crippen molar-refractivity contribution in [3.63, 3.8) is 0 Å². The maximum absolute atomic E-state index is 12.5. The smallest absolute Gasteiger partial charge is 0.308 e. The van der Waals surface area contributed by atoms with E-state index < -0.39 is 11.7 Å². The van der Waals surface area contributed by atoms with Gasteiger partial charge in [-0.25, -0.2) is 0 Å². The van der Waals surface area contributed by atoms with E-state index in [0.29, 0.717) is 12.6 Å². The van der Waals surface area contributed by atoms with Crippen molar-refractivity contribution in [3.05, 3.63) is 35.4 Å². The Morgan fingerprint density at radius 1 is 1.10 bits per heavy atom. The largest absolute Gasteiger partial charge is 0.416 e. The van der Waals surface area contributed by atoms with Gasteiger partial charge >= 0.3 is 6.18 Å². The van der Waals surface area contributed by atoms with Crippen LogP contribution in [-0.2, 0) is 12.7 Å². The zero-order valence-electron chi connectivity index (χ0n) is 11.3. The third-order valence-corrected chi connectivity index (χ3v) is 4.51. The highest BCUT2D eigenvalue weighted by Gasteiger charge is 2.33. The first-order chi connectivity index (χ1) is 9.52. The number of hydrogen-bond acceptors (Lipinski definition) is 2. The zero-order valence-corrected chi connectivity index (χ0v) is 11.3. The molecule has 0 amide bonds. The van der Waals surface area contributed by atoms with E-state index in [4.69, 9.17) is 0 Å². The molecule has 0 aliphatic carbocycles. The van der Waals surface area contributed by atoms with Crippen molar-refractivity contribution in [2.75, 3.05) is 19.6 Å². The predicted molar refractivity (Wildman–Crippen MR) is 71.2 cm³/mol. The second kappa shape index (κ2) is 5.37. The van der Waals surface area contributed by atoms with Crippen molar-refractivity contribution in [2.45, 2.75) is 31.6 Å². The van der Waals surface area contributed by atoms with E-state index in [2.05, 4.69) is 10.2 Å². The number of nitrogens with one attached hydrogen (secondary N) is 1. The first kappa shape index (κ1) is 13.9. The Morgan fingerprint density at radius 2 is 1.75 bits per heavy atom. The summed E-state index contributed by atoms with van der Waals surface area (Å²) in [6.45, 7) is 4.12. The summed E-state index contributed by atoms with van der Waals surface area (Å²) in [6.07, 6.45) is -1.77. The van der Waals surface area contributed by atoms with Gasteiger partial charge in [-0.15, -0.1) is 0 Å². The highest BCUT2D eigenvalue weighted by atomic mass is 19.4. The van der Waals surface area contributed by atoms with E-state index in [0.717, 1.165) is 30.2 Å². The topological polar surface area (TPSA) is 15.3 Å². The summed E-state index contributed by atoms with van der Waals surface area (Å²) in [6, 6.07) is 5.94. The number of hydrogen-bond donors (Lipinski definition) is 1. The fourth-order valence-corrected chi connectivity index (χ4v) is 3.26.